The van der Waals surface area contributed by atoms with Crippen LogP contribution >= 0.6 is 23.4 Å². The Morgan fingerprint density at radius 2 is 2.00 bits per heavy atom. The zero-order chi connectivity index (χ0) is 13.1. The molecule has 0 bridgehead atoms. The van der Waals surface area contributed by atoms with Gasteiger partial charge in [0.05, 0.1) is 0 Å². The number of nitrogen functional groups attached to an aromatic ring is 1. The van der Waals surface area contributed by atoms with E-state index in [0.717, 1.165) is 9.79 Å². The number of amidine groups is 1. The summed E-state index contributed by atoms with van der Waals surface area (Å²) in [6.07, 6.45) is 0. The second-order valence-electron chi connectivity index (χ2n) is 3.97. The zero-order valence-corrected chi connectivity index (χ0v) is 11.5. The van der Waals surface area contributed by atoms with Crippen molar-refractivity contribution in [3.63, 3.8) is 0 Å². The van der Waals surface area contributed by atoms with Crippen LogP contribution in [0.3, 0.4) is 0 Å². The van der Waals surface area contributed by atoms with E-state index >= 15 is 0 Å². The van der Waals surface area contributed by atoms with Crippen molar-refractivity contribution in [2.24, 2.45) is 5.73 Å². The van der Waals surface area contributed by atoms with Crippen molar-refractivity contribution in [3.8, 4) is 0 Å². The second kappa shape index (κ2) is 5.46. The molecular weight excluding hydrogens is 264 g/mol. The fraction of sp³-hybridized carbons (Fsp3) is 0.0714. The minimum Gasteiger partial charge on any atom is -0.384 e. The van der Waals surface area contributed by atoms with Crippen LogP contribution in [0.5, 0.6) is 0 Å². The highest BCUT2D eigenvalue weighted by Crippen LogP contribution is 2.32. The van der Waals surface area contributed by atoms with E-state index in [1.807, 2.05) is 31.2 Å². The molecule has 2 aromatic rings. The summed E-state index contributed by atoms with van der Waals surface area (Å²) in [5.41, 5.74) is 7.49. The minimum absolute atomic E-state index is 0.0572. The maximum absolute atomic E-state index is 7.58. The molecule has 2 aromatic carbocycles. The Morgan fingerprint density at radius 3 is 2.67 bits per heavy atom. The van der Waals surface area contributed by atoms with Gasteiger partial charge in [-0.2, -0.15) is 0 Å². The van der Waals surface area contributed by atoms with E-state index in [-0.39, 0.29) is 5.84 Å². The molecule has 0 aliphatic carbocycles. The number of halogens is 1. The fourth-order valence-electron chi connectivity index (χ4n) is 1.61. The fourth-order valence-corrected chi connectivity index (χ4v) is 2.96. The quantitative estimate of drug-likeness (QED) is 0.655. The molecule has 0 saturated carbocycles. The van der Waals surface area contributed by atoms with E-state index in [4.69, 9.17) is 22.7 Å². The molecule has 0 heterocycles. The molecular formula is C14H13ClN2S. The van der Waals surface area contributed by atoms with E-state index in [1.54, 1.807) is 23.9 Å². The molecule has 2 rings (SSSR count). The molecule has 3 N–H and O–H groups in total. The van der Waals surface area contributed by atoms with Crippen molar-refractivity contribution in [1.82, 2.24) is 0 Å². The average molecular weight is 277 g/mol. The number of rotatable bonds is 3. The molecule has 0 radical (unpaired) electrons. The molecule has 0 saturated heterocycles. The Labute approximate surface area is 116 Å². The van der Waals surface area contributed by atoms with Crippen LogP contribution in [0.15, 0.2) is 52.3 Å². The molecule has 0 aliphatic rings. The van der Waals surface area contributed by atoms with Gasteiger partial charge in [0.25, 0.3) is 0 Å². The standard InChI is InChI=1S/C14H13ClN2S/c1-9-3-2-4-11(7-9)18-13-8-10(15)5-6-12(13)14(16)17/h2-8H,1H3,(H3,16,17). The molecule has 0 aliphatic heterocycles. The minimum atomic E-state index is 0.0572. The summed E-state index contributed by atoms with van der Waals surface area (Å²) < 4.78 is 0. The lowest BCUT2D eigenvalue weighted by atomic mass is 10.2. The van der Waals surface area contributed by atoms with Crippen LogP contribution < -0.4 is 5.73 Å². The highest BCUT2D eigenvalue weighted by Gasteiger charge is 2.08. The number of nitrogens with one attached hydrogen (secondary N) is 1. The maximum Gasteiger partial charge on any atom is 0.123 e. The smallest absolute Gasteiger partial charge is 0.123 e. The molecule has 0 aromatic heterocycles. The maximum atomic E-state index is 7.58. The van der Waals surface area contributed by atoms with E-state index in [2.05, 4.69) is 6.07 Å². The number of hydrogen-bond donors (Lipinski definition) is 2. The van der Waals surface area contributed by atoms with Crippen molar-refractivity contribution >= 4 is 29.2 Å². The van der Waals surface area contributed by atoms with Gasteiger partial charge in [0.15, 0.2) is 0 Å². The van der Waals surface area contributed by atoms with Gasteiger partial charge in [-0.3, -0.25) is 5.41 Å². The lowest BCUT2D eigenvalue weighted by Gasteiger charge is -2.08. The lowest BCUT2D eigenvalue weighted by Crippen LogP contribution is -2.12. The van der Waals surface area contributed by atoms with Crippen molar-refractivity contribution in [1.29, 1.82) is 5.41 Å². The predicted molar refractivity (Wildman–Crippen MR) is 77.8 cm³/mol. The van der Waals surface area contributed by atoms with Gasteiger partial charge in [0.1, 0.15) is 5.84 Å². The van der Waals surface area contributed by atoms with Gasteiger partial charge in [0, 0.05) is 20.4 Å². The van der Waals surface area contributed by atoms with Crippen molar-refractivity contribution in [3.05, 3.63) is 58.6 Å². The van der Waals surface area contributed by atoms with E-state index in [1.165, 1.54) is 5.56 Å². The molecule has 0 unspecified atom stereocenters. The summed E-state index contributed by atoms with van der Waals surface area (Å²) in [6.45, 7) is 2.05. The van der Waals surface area contributed by atoms with Gasteiger partial charge in [-0.1, -0.05) is 41.1 Å². The topological polar surface area (TPSA) is 49.9 Å². The lowest BCUT2D eigenvalue weighted by molar-refractivity contribution is 1.32. The van der Waals surface area contributed by atoms with Crippen LogP contribution in [-0.4, -0.2) is 5.84 Å². The first-order valence-corrected chi connectivity index (χ1v) is 6.64. The van der Waals surface area contributed by atoms with Crippen LogP contribution in [-0.2, 0) is 0 Å². The highest BCUT2D eigenvalue weighted by atomic mass is 35.5. The van der Waals surface area contributed by atoms with Gasteiger partial charge >= 0.3 is 0 Å². The summed E-state index contributed by atoms with van der Waals surface area (Å²) in [6, 6.07) is 13.5. The number of aryl methyl sites for hydroxylation is 1. The number of nitrogens with two attached hydrogens (primary N) is 1. The largest absolute Gasteiger partial charge is 0.384 e. The summed E-state index contributed by atoms with van der Waals surface area (Å²) in [4.78, 5) is 2.01. The summed E-state index contributed by atoms with van der Waals surface area (Å²) in [5.74, 6) is 0.0572. The molecule has 0 atom stereocenters. The van der Waals surface area contributed by atoms with Gasteiger partial charge in [-0.15, -0.1) is 0 Å². The average Bonchev–Trinajstić information content (AvgIpc) is 2.28. The summed E-state index contributed by atoms with van der Waals surface area (Å²) in [5, 5.41) is 8.22. The van der Waals surface area contributed by atoms with Crippen molar-refractivity contribution < 1.29 is 0 Å². The first kappa shape index (κ1) is 13.0. The van der Waals surface area contributed by atoms with Crippen LogP contribution in [0.4, 0.5) is 0 Å². The van der Waals surface area contributed by atoms with Crippen molar-refractivity contribution in [2.75, 3.05) is 0 Å². The number of hydrogen-bond acceptors (Lipinski definition) is 2. The van der Waals surface area contributed by atoms with Gasteiger partial charge in [0.2, 0.25) is 0 Å². The molecule has 18 heavy (non-hydrogen) atoms. The third-order valence-electron chi connectivity index (χ3n) is 2.45. The van der Waals surface area contributed by atoms with Crippen LogP contribution in [0.25, 0.3) is 0 Å². The normalized spacial score (nSPS) is 10.3. The van der Waals surface area contributed by atoms with Gasteiger partial charge < -0.3 is 5.73 Å². The molecule has 0 fully saturated rings. The van der Waals surface area contributed by atoms with Crippen LogP contribution in [0, 0.1) is 12.3 Å². The van der Waals surface area contributed by atoms with E-state index in [0.29, 0.717) is 10.6 Å². The molecule has 2 nitrogen and oxygen atoms in total. The van der Waals surface area contributed by atoms with Gasteiger partial charge in [-0.25, -0.2) is 0 Å². The van der Waals surface area contributed by atoms with Gasteiger partial charge in [-0.05, 0) is 37.3 Å². The SMILES string of the molecule is Cc1cccc(Sc2cc(Cl)ccc2C(=N)N)c1. The zero-order valence-electron chi connectivity index (χ0n) is 9.91. The Kier molecular flexibility index (Phi) is 3.94. The van der Waals surface area contributed by atoms with Crippen molar-refractivity contribution in [2.45, 2.75) is 16.7 Å². The molecule has 0 spiro atoms. The Hall–Kier alpha value is -1.45. The molecule has 4 heteroatoms. The molecule has 92 valence electrons. The Balaban J connectivity index is 2.39. The molecule has 0 amide bonds. The van der Waals surface area contributed by atoms with Crippen LogP contribution in [0.2, 0.25) is 5.02 Å². The van der Waals surface area contributed by atoms with E-state index in [9.17, 15) is 0 Å². The van der Waals surface area contributed by atoms with E-state index < -0.39 is 0 Å². The first-order valence-electron chi connectivity index (χ1n) is 5.45. The third-order valence-corrected chi connectivity index (χ3v) is 3.73. The highest BCUT2D eigenvalue weighted by molar-refractivity contribution is 7.99. The first-order chi connectivity index (χ1) is 8.56. The summed E-state index contributed by atoms with van der Waals surface area (Å²) >= 11 is 7.56. The third kappa shape index (κ3) is 3.06. The number of benzene rings is 2. The van der Waals surface area contributed by atoms with Crippen LogP contribution in [0.1, 0.15) is 11.1 Å². The monoisotopic (exact) mass is 276 g/mol. The summed E-state index contributed by atoms with van der Waals surface area (Å²) in [7, 11) is 0. The predicted octanol–water partition coefficient (Wildman–Crippen LogP) is 4.08. The second-order valence-corrected chi connectivity index (χ2v) is 5.52. The Bertz CT molecular complexity index is 596. The Morgan fingerprint density at radius 1 is 1.22 bits per heavy atom.